The summed E-state index contributed by atoms with van der Waals surface area (Å²) < 4.78 is 20.9. The van der Waals surface area contributed by atoms with Crippen molar-refractivity contribution in [2.45, 2.75) is 38.7 Å². The van der Waals surface area contributed by atoms with E-state index in [-0.39, 0.29) is 31.0 Å². The Morgan fingerprint density at radius 1 is 1.10 bits per heavy atom. The Kier molecular flexibility index (Phi) is 7.13. The van der Waals surface area contributed by atoms with Gasteiger partial charge in [-0.05, 0) is 38.5 Å². The highest BCUT2D eigenvalue weighted by Crippen LogP contribution is 2.48. The van der Waals surface area contributed by atoms with E-state index < -0.39 is 29.4 Å². The van der Waals surface area contributed by atoms with Gasteiger partial charge in [0, 0.05) is 12.3 Å². The minimum absolute atomic E-state index is 0.0800. The molecule has 29 heavy (non-hydrogen) atoms. The van der Waals surface area contributed by atoms with E-state index in [0.717, 1.165) is 0 Å². The third-order valence-corrected chi connectivity index (χ3v) is 4.95. The molecule has 8 heteroatoms. The van der Waals surface area contributed by atoms with Gasteiger partial charge in [-0.25, -0.2) is 4.79 Å². The molecule has 0 heterocycles. The third-order valence-electron chi connectivity index (χ3n) is 4.95. The molecule has 0 fully saturated rings. The maximum Gasteiger partial charge on any atom is 0.338 e. The van der Waals surface area contributed by atoms with Crippen molar-refractivity contribution < 1.29 is 38.7 Å². The van der Waals surface area contributed by atoms with Gasteiger partial charge in [0.2, 0.25) is 0 Å². The summed E-state index contributed by atoms with van der Waals surface area (Å²) in [7, 11) is 2.95. The number of esters is 2. The third kappa shape index (κ3) is 4.48. The van der Waals surface area contributed by atoms with Gasteiger partial charge in [0.05, 0.1) is 44.5 Å². The van der Waals surface area contributed by atoms with Crippen LogP contribution < -0.4 is 9.47 Å². The SMILES string of the molecule is CCOC(=O)C1=C(O)CC(C)(O)C(C(=O)OCC)C1c1ccc(OC)c(OC)c1. The number of aliphatic hydroxyl groups is 2. The van der Waals surface area contributed by atoms with Crippen molar-refractivity contribution in [1.29, 1.82) is 0 Å². The van der Waals surface area contributed by atoms with Gasteiger partial charge >= 0.3 is 11.9 Å². The van der Waals surface area contributed by atoms with E-state index in [9.17, 15) is 19.8 Å². The first-order chi connectivity index (χ1) is 13.7. The van der Waals surface area contributed by atoms with E-state index in [4.69, 9.17) is 18.9 Å². The summed E-state index contributed by atoms with van der Waals surface area (Å²) in [6, 6.07) is 4.87. The van der Waals surface area contributed by atoms with Crippen molar-refractivity contribution in [3.8, 4) is 11.5 Å². The molecule has 3 atom stereocenters. The summed E-state index contributed by atoms with van der Waals surface area (Å²) in [5, 5.41) is 21.6. The Morgan fingerprint density at radius 3 is 2.28 bits per heavy atom. The van der Waals surface area contributed by atoms with E-state index in [1.165, 1.54) is 21.1 Å². The molecule has 1 aliphatic carbocycles. The first kappa shape index (κ1) is 22.5. The minimum atomic E-state index is -1.65. The number of ether oxygens (including phenoxy) is 4. The summed E-state index contributed by atoms with van der Waals surface area (Å²) in [6.07, 6.45) is -0.283. The lowest BCUT2D eigenvalue weighted by atomic mass is 9.66. The highest BCUT2D eigenvalue weighted by Gasteiger charge is 2.52. The molecule has 8 nitrogen and oxygen atoms in total. The van der Waals surface area contributed by atoms with Crippen LogP contribution in [0.5, 0.6) is 11.5 Å². The normalized spacial score (nSPS) is 24.1. The predicted molar refractivity (Wildman–Crippen MR) is 104 cm³/mol. The van der Waals surface area contributed by atoms with Gasteiger partial charge in [0.1, 0.15) is 5.76 Å². The van der Waals surface area contributed by atoms with Crippen molar-refractivity contribution >= 4 is 11.9 Å². The maximum absolute atomic E-state index is 12.8. The average molecular weight is 408 g/mol. The molecule has 1 aromatic carbocycles. The van der Waals surface area contributed by atoms with E-state index in [1.807, 2.05) is 0 Å². The number of hydrogen-bond donors (Lipinski definition) is 2. The highest BCUT2D eigenvalue weighted by molar-refractivity contribution is 5.93. The van der Waals surface area contributed by atoms with Crippen LogP contribution in [0.2, 0.25) is 0 Å². The smallest absolute Gasteiger partial charge is 0.338 e. The number of aliphatic hydroxyl groups excluding tert-OH is 1. The minimum Gasteiger partial charge on any atom is -0.512 e. The van der Waals surface area contributed by atoms with Crippen LogP contribution in [0, 0.1) is 5.92 Å². The molecule has 1 aliphatic rings. The largest absolute Gasteiger partial charge is 0.512 e. The zero-order valence-electron chi connectivity index (χ0n) is 17.4. The first-order valence-electron chi connectivity index (χ1n) is 9.41. The van der Waals surface area contributed by atoms with Crippen LogP contribution in [-0.2, 0) is 19.1 Å². The number of carbonyl (C=O) groups is 2. The van der Waals surface area contributed by atoms with Crippen LogP contribution in [0.4, 0.5) is 0 Å². The molecule has 160 valence electrons. The molecule has 0 aliphatic heterocycles. The second-order valence-electron chi connectivity index (χ2n) is 6.94. The Hall–Kier alpha value is -2.74. The van der Waals surface area contributed by atoms with E-state index in [2.05, 4.69) is 0 Å². The van der Waals surface area contributed by atoms with Crippen LogP contribution >= 0.6 is 0 Å². The van der Waals surface area contributed by atoms with Crippen LogP contribution in [0.3, 0.4) is 0 Å². The molecule has 0 radical (unpaired) electrons. The molecule has 0 spiro atoms. The lowest BCUT2D eigenvalue weighted by Crippen LogP contribution is -2.49. The summed E-state index contributed by atoms with van der Waals surface area (Å²) in [6.45, 7) is 4.92. The van der Waals surface area contributed by atoms with Crippen LogP contribution in [-0.4, -0.2) is 55.2 Å². The Bertz CT molecular complexity index is 796. The second kappa shape index (κ2) is 9.17. The fourth-order valence-corrected chi connectivity index (χ4v) is 3.73. The molecule has 2 N–H and O–H groups in total. The molecule has 3 unspecified atom stereocenters. The van der Waals surface area contributed by atoms with Gasteiger partial charge in [-0.2, -0.15) is 0 Å². The number of hydrogen-bond acceptors (Lipinski definition) is 8. The van der Waals surface area contributed by atoms with Crippen molar-refractivity contribution in [2.24, 2.45) is 5.92 Å². The molecule has 2 rings (SSSR count). The van der Waals surface area contributed by atoms with Crippen LogP contribution in [0.1, 0.15) is 38.7 Å². The van der Waals surface area contributed by atoms with Gasteiger partial charge in [-0.15, -0.1) is 0 Å². The standard InChI is InChI=1S/C21H28O8/c1-6-28-19(23)17-13(22)11-21(3,25)18(20(24)29-7-2)16(17)12-8-9-14(26-4)15(10-12)27-5/h8-10,16,18,22,25H,6-7,11H2,1-5H3. The van der Waals surface area contributed by atoms with Crippen LogP contribution in [0.15, 0.2) is 29.5 Å². The van der Waals surface area contributed by atoms with Crippen molar-refractivity contribution in [2.75, 3.05) is 27.4 Å². The topological polar surface area (TPSA) is 112 Å². The Labute approximate surface area is 170 Å². The van der Waals surface area contributed by atoms with Crippen molar-refractivity contribution in [1.82, 2.24) is 0 Å². The highest BCUT2D eigenvalue weighted by atomic mass is 16.5. The van der Waals surface area contributed by atoms with Gasteiger partial charge in [-0.3, -0.25) is 4.79 Å². The number of methoxy groups -OCH3 is 2. The Morgan fingerprint density at radius 2 is 1.72 bits per heavy atom. The summed E-state index contributed by atoms with van der Waals surface area (Å²) in [5.41, 5.74) is -1.26. The second-order valence-corrected chi connectivity index (χ2v) is 6.94. The summed E-state index contributed by atoms with van der Waals surface area (Å²) in [4.78, 5) is 25.5. The summed E-state index contributed by atoms with van der Waals surface area (Å²) in [5.74, 6) is -3.07. The first-order valence-corrected chi connectivity index (χ1v) is 9.41. The molecular weight excluding hydrogens is 380 g/mol. The lowest BCUT2D eigenvalue weighted by molar-refractivity contribution is -0.160. The van der Waals surface area contributed by atoms with Gasteiger partial charge in [0.15, 0.2) is 11.5 Å². The van der Waals surface area contributed by atoms with Gasteiger partial charge in [-0.1, -0.05) is 6.07 Å². The van der Waals surface area contributed by atoms with Crippen molar-refractivity contribution in [3.05, 3.63) is 35.1 Å². The van der Waals surface area contributed by atoms with Crippen LogP contribution in [0.25, 0.3) is 0 Å². The molecule has 1 aromatic rings. The molecule has 0 amide bonds. The fraction of sp³-hybridized carbons (Fsp3) is 0.524. The van der Waals surface area contributed by atoms with Gasteiger partial charge < -0.3 is 29.2 Å². The quantitative estimate of drug-likeness (QED) is 0.662. The number of rotatable bonds is 7. The predicted octanol–water partition coefficient (Wildman–Crippen LogP) is 2.50. The summed E-state index contributed by atoms with van der Waals surface area (Å²) >= 11 is 0. The average Bonchev–Trinajstić information content (AvgIpc) is 2.66. The number of benzene rings is 1. The van der Waals surface area contributed by atoms with Crippen molar-refractivity contribution in [3.63, 3.8) is 0 Å². The molecule has 0 bridgehead atoms. The molecular formula is C21H28O8. The van der Waals surface area contributed by atoms with Gasteiger partial charge in [0.25, 0.3) is 0 Å². The number of carbonyl (C=O) groups excluding carboxylic acids is 2. The molecule has 0 aromatic heterocycles. The zero-order valence-corrected chi connectivity index (χ0v) is 17.4. The van der Waals surface area contributed by atoms with E-state index >= 15 is 0 Å². The Balaban J connectivity index is 2.73. The van der Waals surface area contributed by atoms with E-state index in [1.54, 1.807) is 32.0 Å². The fourth-order valence-electron chi connectivity index (χ4n) is 3.73. The zero-order chi connectivity index (χ0) is 21.8. The lowest BCUT2D eigenvalue weighted by Gasteiger charge is -2.41. The monoisotopic (exact) mass is 408 g/mol. The molecule has 0 saturated heterocycles. The molecule has 0 saturated carbocycles. The maximum atomic E-state index is 12.8. The van der Waals surface area contributed by atoms with E-state index in [0.29, 0.717) is 17.1 Å².